The molecule has 0 fully saturated rings. The first-order chi connectivity index (χ1) is 11.6. The predicted molar refractivity (Wildman–Crippen MR) is 91.9 cm³/mol. The minimum Gasteiger partial charge on any atom is -0.489 e. The van der Waals surface area contributed by atoms with Crippen LogP contribution in [0.25, 0.3) is 11.3 Å². The molecule has 0 amide bonds. The Kier molecular flexibility index (Phi) is 4.79. The Balaban J connectivity index is 1.68. The maximum Gasteiger partial charge on any atom is 0.280 e. The lowest BCUT2D eigenvalue weighted by Crippen LogP contribution is -2.05. The van der Waals surface area contributed by atoms with E-state index in [2.05, 4.69) is 24.0 Å². The average molecular weight is 324 g/mol. The average Bonchev–Trinajstić information content (AvgIpc) is 3.00. The van der Waals surface area contributed by atoms with Crippen LogP contribution in [0.3, 0.4) is 0 Å². The van der Waals surface area contributed by atoms with Crippen LogP contribution in [-0.4, -0.2) is 10.1 Å². The van der Waals surface area contributed by atoms with Gasteiger partial charge in [-0.3, -0.25) is 9.78 Å². The normalized spacial score (nSPS) is 11.0. The molecule has 0 atom stereocenters. The zero-order chi connectivity index (χ0) is 16.9. The van der Waals surface area contributed by atoms with Crippen LogP contribution >= 0.6 is 0 Å². The third-order valence-corrected chi connectivity index (χ3v) is 3.64. The predicted octanol–water partition coefficient (Wildman–Crippen LogP) is 3.81. The fourth-order valence-corrected chi connectivity index (χ4v) is 2.48. The van der Waals surface area contributed by atoms with Crippen molar-refractivity contribution in [1.82, 2.24) is 10.1 Å². The monoisotopic (exact) mass is 324 g/mol. The summed E-state index contributed by atoms with van der Waals surface area (Å²) in [6.45, 7) is 4.84. The third-order valence-electron chi connectivity index (χ3n) is 3.64. The van der Waals surface area contributed by atoms with E-state index in [0.29, 0.717) is 18.3 Å². The largest absolute Gasteiger partial charge is 0.489 e. The molecule has 1 aromatic carbocycles. The summed E-state index contributed by atoms with van der Waals surface area (Å²) in [5.74, 6) is 1.82. The Labute approximate surface area is 140 Å². The Morgan fingerprint density at radius 2 is 2.00 bits per heavy atom. The van der Waals surface area contributed by atoms with Gasteiger partial charge in [-0.25, -0.2) is 0 Å². The summed E-state index contributed by atoms with van der Waals surface area (Å²) in [5, 5.41) is 2.28. The molecule has 3 aromatic rings. The first-order valence-electron chi connectivity index (χ1n) is 7.96. The first-order valence-corrected chi connectivity index (χ1v) is 7.96. The van der Waals surface area contributed by atoms with E-state index >= 15 is 0 Å². The van der Waals surface area contributed by atoms with Gasteiger partial charge in [-0.1, -0.05) is 19.9 Å². The van der Waals surface area contributed by atoms with Gasteiger partial charge in [0.25, 0.3) is 5.56 Å². The molecular weight excluding hydrogens is 304 g/mol. The van der Waals surface area contributed by atoms with Crippen LogP contribution in [0.2, 0.25) is 0 Å². The van der Waals surface area contributed by atoms with Crippen LogP contribution in [0.15, 0.2) is 58.0 Å². The van der Waals surface area contributed by atoms with Gasteiger partial charge >= 0.3 is 0 Å². The number of nitrogens with one attached hydrogen (secondary N) is 1. The van der Waals surface area contributed by atoms with E-state index in [1.54, 1.807) is 0 Å². The minimum absolute atomic E-state index is 0.250. The molecule has 1 N–H and O–H groups in total. The molecule has 0 spiro atoms. The van der Waals surface area contributed by atoms with E-state index < -0.39 is 0 Å². The molecule has 0 aliphatic rings. The van der Waals surface area contributed by atoms with Gasteiger partial charge in [-0.2, -0.15) is 5.16 Å². The number of nitrogens with zero attached hydrogens (tertiary/aromatic N) is 1. The Bertz CT molecular complexity index is 847. The molecule has 3 rings (SSSR count). The van der Waals surface area contributed by atoms with Crippen molar-refractivity contribution in [3.8, 4) is 17.1 Å². The van der Waals surface area contributed by atoms with E-state index in [9.17, 15) is 4.79 Å². The quantitative estimate of drug-likeness (QED) is 0.748. The Hall–Kier alpha value is -2.82. The number of benzene rings is 1. The smallest absolute Gasteiger partial charge is 0.280 e. The van der Waals surface area contributed by atoms with E-state index in [-0.39, 0.29) is 5.56 Å². The van der Waals surface area contributed by atoms with Crippen molar-refractivity contribution in [3.05, 3.63) is 70.3 Å². The first kappa shape index (κ1) is 16.1. The zero-order valence-corrected chi connectivity index (χ0v) is 13.8. The fraction of sp³-hybridized carbons (Fsp3) is 0.263. The minimum atomic E-state index is -0.250. The molecule has 0 saturated carbocycles. The van der Waals surface area contributed by atoms with E-state index in [4.69, 9.17) is 9.26 Å². The molecule has 5 heteroatoms. The Morgan fingerprint density at radius 3 is 2.67 bits per heavy atom. The van der Waals surface area contributed by atoms with E-state index in [1.807, 2.05) is 42.6 Å². The lowest BCUT2D eigenvalue weighted by Gasteiger charge is -2.12. The SMILES string of the molecule is CC(C)Cc1ncccc1COc1ccc(-c2cc(=O)[nH]o2)cc1. The second-order valence-electron chi connectivity index (χ2n) is 6.10. The van der Waals surface area contributed by atoms with Gasteiger partial charge in [-0.05, 0) is 42.7 Å². The van der Waals surface area contributed by atoms with Gasteiger partial charge in [0, 0.05) is 23.0 Å². The van der Waals surface area contributed by atoms with E-state index in [1.165, 1.54) is 6.07 Å². The van der Waals surface area contributed by atoms with Gasteiger partial charge in [0.2, 0.25) is 0 Å². The number of aromatic nitrogens is 2. The number of hydrogen-bond acceptors (Lipinski definition) is 4. The summed E-state index contributed by atoms with van der Waals surface area (Å²) >= 11 is 0. The number of aromatic amines is 1. The van der Waals surface area contributed by atoms with Crippen molar-refractivity contribution < 1.29 is 9.26 Å². The molecule has 124 valence electrons. The van der Waals surface area contributed by atoms with E-state index in [0.717, 1.165) is 29.0 Å². The molecule has 2 heterocycles. The second-order valence-corrected chi connectivity index (χ2v) is 6.10. The van der Waals surface area contributed by atoms with Crippen LogP contribution < -0.4 is 10.3 Å². The topological polar surface area (TPSA) is 68.1 Å². The van der Waals surface area contributed by atoms with Gasteiger partial charge in [0.05, 0.1) is 6.07 Å². The number of rotatable bonds is 6. The number of hydrogen-bond donors (Lipinski definition) is 1. The molecule has 0 aliphatic heterocycles. The maximum absolute atomic E-state index is 11.1. The molecule has 0 saturated heterocycles. The Morgan fingerprint density at radius 1 is 1.21 bits per heavy atom. The zero-order valence-electron chi connectivity index (χ0n) is 13.8. The molecule has 0 unspecified atom stereocenters. The third kappa shape index (κ3) is 3.93. The second kappa shape index (κ2) is 7.17. The highest BCUT2D eigenvalue weighted by atomic mass is 16.5. The van der Waals surface area contributed by atoms with Crippen LogP contribution in [0.5, 0.6) is 5.75 Å². The van der Waals surface area contributed by atoms with Crippen LogP contribution in [0.1, 0.15) is 25.1 Å². The standard InChI is InChI=1S/C19H20N2O3/c1-13(2)10-17-15(4-3-9-20-17)12-23-16-7-5-14(6-8-16)18-11-19(22)21-24-18/h3-9,11,13H,10,12H2,1-2H3,(H,21,22). The summed E-state index contributed by atoms with van der Waals surface area (Å²) in [7, 11) is 0. The van der Waals surface area contributed by atoms with Gasteiger partial charge in [0.1, 0.15) is 12.4 Å². The molecule has 2 aromatic heterocycles. The summed E-state index contributed by atoms with van der Waals surface area (Å²) < 4.78 is 11.0. The molecule has 5 nitrogen and oxygen atoms in total. The lowest BCUT2D eigenvalue weighted by molar-refractivity contribution is 0.304. The van der Waals surface area contributed by atoms with Gasteiger partial charge in [0.15, 0.2) is 5.76 Å². The number of pyridine rings is 1. The van der Waals surface area contributed by atoms with Crippen molar-refractivity contribution in [1.29, 1.82) is 0 Å². The lowest BCUT2D eigenvalue weighted by atomic mass is 10.0. The highest BCUT2D eigenvalue weighted by Gasteiger charge is 2.07. The van der Waals surface area contributed by atoms with Crippen LogP contribution in [-0.2, 0) is 13.0 Å². The molecular formula is C19H20N2O3. The number of ether oxygens (including phenoxy) is 1. The number of H-pyrrole nitrogens is 1. The summed E-state index contributed by atoms with van der Waals surface area (Å²) in [6.07, 6.45) is 2.76. The summed E-state index contributed by atoms with van der Waals surface area (Å²) in [6, 6.07) is 12.8. The highest BCUT2D eigenvalue weighted by Crippen LogP contribution is 2.22. The maximum atomic E-state index is 11.1. The van der Waals surface area contributed by atoms with Gasteiger partial charge in [-0.15, -0.1) is 0 Å². The van der Waals surface area contributed by atoms with Crippen molar-refractivity contribution in [2.24, 2.45) is 5.92 Å². The summed E-state index contributed by atoms with van der Waals surface area (Å²) in [5.41, 5.74) is 2.76. The van der Waals surface area contributed by atoms with Crippen LogP contribution in [0, 0.1) is 5.92 Å². The van der Waals surface area contributed by atoms with Crippen molar-refractivity contribution in [2.75, 3.05) is 0 Å². The molecule has 0 aliphatic carbocycles. The van der Waals surface area contributed by atoms with Gasteiger partial charge < -0.3 is 9.26 Å². The molecule has 0 bridgehead atoms. The highest BCUT2D eigenvalue weighted by molar-refractivity contribution is 5.57. The molecule has 24 heavy (non-hydrogen) atoms. The van der Waals surface area contributed by atoms with Crippen molar-refractivity contribution in [2.45, 2.75) is 26.9 Å². The fourth-order valence-electron chi connectivity index (χ4n) is 2.48. The molecule has 0 radical (unpaired) electrons. The van der Waals surface area contributed by atoms with Crippen LogP contribution in [0.4, 0.5) is 0 Å². The van der Waals surface area contributed by atoms with Crippen molar-refractivity contribution >= 4 is 0 Å². The van der Waals surface area contributed by atoms with Crippen molar-refractivity contribution in [3.63, 3.8) is 0 Å². The summed E-state index contributed by atoms with van der Waals surface area (Å²) in [4.78, 5) is 15.6.